The Morgan fingerprint density at radius 1 is 1.38 bits per heavy atom. The molecule has 1 aromatic carbocycles. The lowest BCUT2D eigenvalue weighted by Gasteiger charge is -2.08. The first-order valence-corrected chi connectivity index (χ1v) is 4.28. The van der Waals surface area contributed by atoms with E-state index in [1.807, 2.05) is 0 Å². The molecule has 0 bridgehead atoms. The molecule has 1 nitrogen and oxygen atoms in total. The summed E-state index contributed by atoms with van der Waals surface area (Å²) in [6.45, 7) is 1.71. The van der Waals surface area contributed by atoms with Crippen LogP contribution in [0, 0.1) is 11.6 Å². The zero-order valence-corrected chi connectivity index (χ0v) is 7.91. The van der Waals surface area contributed by atoms with Crippen molar-refractivity contribution in [3.8, 4) is 0 Å². The molecule has 0 heterocycles. The lowest BCUT2D eigenvalue weighted by molar-refractivity contribution is 0.575. The Labute approximate surface area is 80.5 Å². The Morgan fingerprint density at radius 3 is 2.46 bits per heavy atom. The highest BCUT2D eigenvalue weighted by Crippen LogP contribution is 2.23. The fraction of sp³-hybridized carbons (Fsp3) is 0.333. The van der Waals surface area contributed by atoms with Gasteiger partial charge in [-0.1, -0.05) is 11.6 Å². The summed E-state index contributed by atoms with van der Waals surface area (Å²) in [5.74, 6) is -1.12. The van der Waals surface area contributed by atoms with Gasteiger partial charge in [0.1, 0.15) is 11.6 Å². The minimum atomic E-state index is -0.612. The van der Waals surface area contributed by atoms with Gasteiger partial charge in [-0.25, -0.2) is 8.78 Å². The summed E-state index contributed by atoms with van der Waals surface area (Å²) in [5.41, 5.74) is 5.61. The molecular weight excluding hydrogens is 196 g/mol. The van der Waals surface area contributed by atoms with Crippen molar-refractivity contribution in [2.45, 2.75) is 19.4 Å². The minimum absolute atomic E-state index is 0.150. The number of hydrogen-bond donors (Lipinski definition) is 1. The van der Waals surface area contributed by atoms with Gasteiger partial charge in [-0.2, -0.15) is 0 Å². The predicted molar refractivity (Wildman–Crippen MR) is 48.7 cm³/mol. The van der Waals surface area contributed by atoms with Crippen LogP contribution in [0.2, 0.25) is 5.02 Å². The minimum Gasteiger partial charge on any atom is -0.328 e. The van der Waals surface area contributed by atoms with Crippen LogP contribution in [0.5, 0.6) is 0 Å². The van der Waals surface area contributed by atoms with Crippen molar-refractivity contribution in [2.24, 2.45) is 5.73 Å². The Bertz CT molecular complexity index is 313. The van der Waals surface area contributed by atoms with Crippen LogP contribution in [0.1, 0.15) is 12.5 Å². The van der Waals surface area contributed by atoms with Crippen LogP contribution < -0.4 is 5.73 Å². The van der Waals surface area contributed by atoms with Crippen molar-refractivity contribution in [1.82, 2.24) is 0 Å². The summed E-state index contributed by atoms with van der Waals surface area (Å²) in [6.07, 6.45) is 0.239. The van der Waals surface area contributed by atoms with Crippen LogP contribution in [0.4, 0.5) is 8.78 Å². The molecule has 72 valence electrons. The Balaban J connectivity index is 3.10. The maximum absolute atomic E-state index is 13.1. The molecule has 0 radical (unpaired) electrons. The molecule has 0 aliphatic heterocycles. The molecule has 0 aromatic heterocycles. The number of benzene rings is 1. The van der Waals surface area contributed by atoms with E-state index in [1.54, 1.807) is 6.92 Å². The van der Waals surface area contributed by atoms with Gasteiger partial charge in [0, 0.05) is 11.6 Å². The van der Waals surface area contributed by atoms with Crippen LogP contribution in [-0.4, -0.2) is 6.04 Å². The van der Waals surface area contributed by atoms with Gasteiger partial charge in [0.05, 0.1) is 5.02 Å². The van der Waals surface area contributed by atoms with Crippen LogP contribution in [0.3, 0.4) is 0 Å². The van der Waals surface area contributed by atoms with Crippen molar-refractivity contribution in [2.75, 3.05) is 0 Å². The SMILES string of the molecule is C[C@H](N)Cc1c(F)ccc(F)c1Cl. The first-order chi connectivity index (χ1) is 6.02. The van der Waals surface area contributed by atoms with E-state index in [-0.39, 0.29) is 23.0 Å². The van der Waals surface area contributed by atoms with E-state index < -0.39 is 11.6 Å². The summed E-state index contributed by atoms with van der Waals surface area (Å²) in [7, 11) is 0. The topological polar surface area (TPSA) is 26.0 Å². The lowest BCUT2D eigenvalue weighted by atomic mass is 10.1. The van der Waals surface area contributed by atoms with E-state index in [2.05, 4.69) is 0 Å². The summed E-state index contributed by atoms with van der Waals surface area (Å²) < 4.78 is 26.0. The monoisotopic (exact) mass is 205 g/mol. The highest BCUT2D eigenvalue weighted by molar-refractivity contribution is 6.31. The van der Waals surface area contributed by atoms with Crippen molar-refractivity contribution < 1.29 is 8.78 Å². The van der Waals surface area contributed by atoms with Crippen molar-refractivity contribution in [3.63, 3.8) is 0 Å². The summed E-state index contributed by atoms with van der Waals surface area (Å²) >= 11 is 5.57. The van der Waals surface area contributed by atoms with Gasteiger partial charge >= 0.3 is 0 Å². The molecule has 1 aromatic rings. The Morgan fingerprint density at radius 2 is 1.92 bits per heavy atom. The molecule has 0 fully saturated rings. The van der Waals surface area contributed by atoms with E-state index in [1.165, 1.54) is 0 Å². The predicted octanol–water partition coefficient (Wildman–Crippen LogP) is 2.51. The third-order valence-corrected chi connectivity index (χ3v) is 2.07. The average Bonchev–Trinajstić information content (AvgIpc) is 2.05. The molecule has 0 amide bonds. The molecule has 1 atom stereocenters. The first kappa shape index (κ1) is 10.4. The van der Waals surface area contributed by atoms with Crippen LogP contribution in [0.15, 0.2) is 12.1 Å². The molecule has 1 rings (SSSR count). The number of rotatable bonds is 2. The molecule has 13 heavy (non-hydrogen) atoms. The van der Waals surface area contributed by atoms with Crippen LogP contribution in [-0.2, 0) is 6.42 Å². The second-order valence-corrected chi connectivity index (χ2v) is 3.38. The van der Waals surface area contributed by atoms with Gasteiger partial charge < -0.3 is 5.73 Å². The van der Waals surface area contributed by atoms with Gasteiger partial charge in [-0.05, 0) is 25.5 Å². The van der Waals surface area contributed by atoms with Crippen LogP contribution in [0.25, 0.3) is 0 Å². The summed E-state index contributed by atoms with van der Waals surface area (Å²) in [6, 6.07) is 1.81. The van der Waals surface area contributed by atoms with E-state index in [9.17, 15) is 8.78 Å². The van der Waals surface area contributed by atoms with Gasteiger partial charge in [0.25, 0.3) is 0 Å². The number of hydrogen-bond acceptors (Lipinski definition) is 1. The van der Waals surface area contributed by atoms with Crippen molar-refractivity contribution >= 4 is 11.6 Å². The molecular formula is C9H10ClF2N. The summed E-state index contributed by atoms with van der Waals surface area (Å²) in [4.78, 5) is 0. The average molecular weight is 206 g/mol. The first-order valence-electron chi connectivity index (χ1n) is 3.90. The zero-order valence-electron chi connectivity index (χ0n) is 7.15. The maximum Gasteiger partial charge on any atom is 0.142 e. The normalized spacial score (nSPS) is 13.0. The highest BCUT2D eigenvalue weighted by atomic mass is 35.5. The van der Waals surface area contributed by atoms with E-state index in [4.69, 9.17) is 17.3 Å². The van der Waals surface area contributed by atoms with Gasteiger partial charge in [0.15, 0.2) is 0 Å². The smallest absolute Gasteiger partial charge is 0.142 e. The van der Waals surface area contributed by atoms with Crippen molar-refractivity contribution in [3.05, 3.63) is 34.4 Å². The lowest BCUT2D eigenvalue weighted by Crippen LogP contribution is -2.19. The quantitative estimate of drug-likeness (QED) is 0.738. The second kappa shape index (κ2) is 4.03. The second-order valence-electron chi connectivity index (χ2n) is 3.00. The number of nitrogens with two attached hydrogens (primary N) is 1. The standard InChI is InChI=1S/C9H10ClF2N/c1-5(13)4-6-7(11)2-3-8(12)9(6)10/h2-3,5H,4,13H2,1H3/t5-/m0/s1. The molecule has 0 spiro atoms. The Kier molecular flexibility index (Phi) is 3.22. The van der Waals surface area contributed by atoms with Crippen LogP contribution >= 0.6 is 11.6 Å². The van der Waals surface area contributed by atoms with E-state index in [0.29, 0.717) is 0 Å². The fourth-order valence-electron chi connectivity index (χ4n) is 1.08. The molecule has 0 saturated carbocycles. The summed E-state index contributed by atoms with van der Waals surface area (Å²) in [5, 5.41) is -0.169. The molecule has 0 saturated heterocycles. The molecule has 0 unspecified atom stereocenters. The largest absolute Gasteiger partial charge is 0.328 e. The molecule has 0 aliphatic carbocycles. The zero-order chi connectivity index (χ0) is 10.0. The van der Waals surface area contributed by atoms with E-state index in [0.717, 1.165) is 12.1 Å². The molecule has 0 aliphatic rings. The van der Waals surface area contributed by atoms with E-state index >= 15 is 0 Å². The fourth-order valence-corrected chi connectivity index (χ4v) is 1.31. The highest BCUT2D eigenvalue weighted by Gasteiger charge is 2.12. The van der Waals surface area contributed by atoms with Gasteiger partial charge in [-0.3, -0.25) is 0 Å². The third-order valence-electron chi connectivity index (χ3n) is 1.67. The third kappa shape index (κ3) is 2.39. The number of halogens is 3. The van der Waals surface area contributed by atoms with Crippen molar-refractivity contribution in [1.29, 1.82) is 0 Å². The van der Waals surface area contributed by atoms with Gasteiger partial charge in [-0.15, -0.1) is 0 Å². The molecule has 2 N–H and O–H groups in total. The molecule has 4 heteroatoms. The van der Waals surface area contributed by atoms with Gasteiger partial charge in [0.2, 0.25) is 0 Å². The Hall–Kier alpha value is -0.670. The maximum atomic E-state index is 13.1.